The number of ether oxygens (including phenoxy) is 3. The SMILES string of the molecule is COC(=O)C[C@@H](C(=O)OC)[C@H](O)C(=O)OC. The standard InChI is InChI=1S/C9H14O7/c1-14-6(10)4-5(8(12)15-2)7(11)9(13)16-3/h5,7,11H,4H2,1-3H3/t5-,7+/m1/s1. The maximum atomic E-state index is 11.2. The third kappa shape index (κ3) is 3.85. The fraction of sp³-hybridized carbons (Fsp3) is 0.667. The minimum Gasteiger partial charge on any atom is -0.469 e. The monoisotopic (exact) mass is 234 g/mol. The molecule has 0 spiro atoms. The molecule has 0 aliphatic rings. The Morgan fingerprint density at radius 2 is 1.50 bits per heavy atom. The van der Waals surface area contributed by atoms with Gasteiger partial charge in [0.2, 0.25) is 0 Å². The molecule has 7 heteroatoms. The lowest BCUT2D eigenvalue weighted by atomic mass is 9.99. The number of carbonyl (C=O) groups is 3. The smallest absolute Gasteiger partial charge is 0.335 e. The molecule has 0 aromatic carbocycles. The normalized spacial score (nSPS) is 13.5. The van der Waals surface area contributed by atoms with E-state index >= 15 is 0 Å². The Morgan fingerprint density at radius 3 is 1.88 bits per heavy atom. The summed E-state index contributed by atoms with van der Waals surface area (Å²) in [6, 6.07) is 0. The van der Waals surface area contributed by atoms with Gasteiger partial charge in [-0.05, 0) is 0 Å². The molecule has 7 nitrogen and oxygen atoms in total. The molecule has 1 N–H and O–H groups in total. The van der Waals surface area contributed by atoms with Crippen LogP contribution >= 0.6 is 0 Å². The summed E-state index contributed by atoms with van der Waals surface area (Å²) in [7, 11) is 3.26. The van der Waals surface area contributed by atoms with Gasteiger partial charge in [-0.3, -0.25) is 9.59 Å². The Hall–Kier alpha value is -1.63. The van der Waals surface area contributed by atoms with Gasteiger partial charge in [0.15, 0.2) is 6.10 Å². The van der Waals surface area contributed by atoms with Crippen LogP contribution in [0.25, 0.3) is 0 Å². The van der Waals surface area contributed by atoms with Crippen LogP contribution in [0.1, 0.15) is 6.42 Å². The second kappa shape index (κ2) is 6.78. The minimum atomic E-state index is -1.75. The van der Waals surface area contributed by atoms with Crippen LogP contribution in [0.5, 0.6) is 0 Å². The van der Waals surface area contributed by atoms with Gasteiger partial charge >= 0.3 is 17.9 Å². The molecule has 0 fully saturated rings. The Morgan fingerprint density at radius 1 is 1.00 bits per heavy atom. The van der Waals surface area contributed by atoms with Gasteiger partial charge < -0.3 is 19.3 Å². The molecule has 2 atom stereocenters. The number of methoxy groups -OCH3 is 3. The number of hydrogen-bond donors (Lipinski definition) is 1. The molecule has 0 saturated carbocycles. The number of aliphatic hydroxyl groups is 1. The van der Waals surface area contributed by atoms with E-state index in [4.69, 9.17) is 0 Å². The summed E-state index contributed by atoms with van der Waals surface area (Å²) in [5.74, 6) is -3.97. The molecule has 0 unspecified atom stereocenters. The summed E-state index contributed by atoms with van der Waals surface area (Å²) in [4.78, 5) is 33.2. The molecule has 0 radical (unpaired) electrons. The van der Waals surface area contributed by atoms with Crippen molar-refractivity contribution in [2.24, 2.45) is 5.92 Å². The first-order valence-electron chi connectivity index (χ1n) is 4.38. The van der Waals surface area contributed by atoms with E-state index in [1.54, 1.807) is 0 Å². The number of rotatable bonds is 5. The highest BCUT2D eigenvalue weighted by Gasteiger charge is 2.35. The van der Waals surface area contributed by atoms with Gasteiger partial charge in [-0.1, -0.05) is 0 Å². The molecular weight excluding hydrogens is 220 g/mol. The van der Waals surface area contributed by atoms with Crippen LogP contribution in [0.15, 0.2) is 0 Å². The molecule has 92 valence electrons. The fourth-order valence-electron chi connectivity index (χ4n) is 1.02. The van der Waals surface area contributed by atoms with Crippen LogP contribution in [0, 0.1) is 5.92 Å². The molecule has 0 amide bonds. The Kier molecular flexibility index (Phi) is 6.09. The molecule has 0 bridgehead atoms. The largest absolute Gasteiger partial charge is 0.469 e. The summed E-state index contributed by atoms with van der Waals surface area (Å²) in [5.41, 5.74) is 0. The van der Waals surface area contributed by atoms with Crippen LogP contribution in [-0.2, 0) is 28.6 Å². The average Bonchev–Trinajstić information content (AvgIpc) is 2.32. The molecule has 0 aromatic heterocycles. The maximum Gasteiger partial charge on any atom is 0.335 e. The summed E-state index contributed by atoms with van der Waals surface area (Å²) in [5, 5.41) is 9.44. The van der Waals surface area contributed by atoms with E-state index in [-0.39, 0.29) is 0 Å². The molecular formula is C9H14O7. The highest BCUT2D eigenvalue weighted by molar-refractivity contribution is 5.87. The molecule has 0 aromatic rings. The van der Waals surface area contributed by atoms with Gasteiger partial charge in [-0.2, -0.15) is 0 Å². The van der Waals surface area contributed by atoms with E-state index in [0.717, 1.165) is 21.3 Å². The van der Waals surface area contributed by atoms with Crippen molar-refractivity contribution in [2.75, 3.05) is 21.3 Å². The quantitative estimate of drug-likeness (QED) is 0.474. The third-order valence-corrected chi connectivity index (χ3v) is 1.94. The number of hydrogen-bond acceptors (Lipinski definition) is 7. The number of aliphatic hydroxyl groups excluding tert-OH is 1. The second-order valence-electron chi connectivity index (χ2n) is 2.88. The van der Waals surface area contributed by atoms with Gasteiger partial charge in [-0.15, -0.1) is 0 Å². The predicted octanol–water partition coefficient (Wildman–Crippen LogP) is -1.13. The third-order valence-electron chi connectivity index (χ3n) is 1.94. The Labute approximate surface area is 92.3 Å². The number of esters is 3. The van der Waals surface area contributed by atoms with Crippen LogP contribution in [0.4, 0.5) is 0 Å². The van der Waals surface area contributed by atoms with Crippen molar-refractivity contribution >= 4 is 17.9 Å². The van der Waals surface area contributed by atoms with E-state index in [0.29, 0.717) is 0 Å². The zero-order valence-electron chi connectivity index (χ0n) is 9.26. The van der Waals surface area contributed by atoms with Crippen molar-refractivity contribution in [1.82, 2.24) is 0 Å². The molecule has 0 saturated heterocycles. The van der Waals surface area contributed by atoms with Gasteiger partial charge in [0.1, 0.15) is 5.92 Å². The Bertz CT molecular complexity index is 273. The van der Waals surface area contributed by atoms with E-state index in [1.165, 1.54) is 0 Å². The average molecular weight is 234 g/mol. The van der Waals surface area contributed by atoms with Crippen LogP contribution < -0.4 is 0 Å². The molecule has 0 rings (SSSR count). The first-order valence-corrected chi connectivity index (χ1v) is 4.38. The first-order chi connectivity index (χ1) is 7.47. The lowest BCUT2D eigenvalue weighted by Crippen LogP contribution is -2.38. The van der Waals surface area contributed by atoms with E-state index in [2.05, 4.69) is 14.2 Å². The van der Waals surface area contributed by atoms with Crippen molar-refractivity contribution in [2.45, 2.75) is 12.5 Å². The Balaban J connectivity index is 4.72. The zero-order valence-corrected chi connectivity index (χ0v) is 9.26. The van der Waals surface area contributed by atoms with Crippen molar-refractivity contribution in [3.8, 4) is 0 Å². The summed E-state index contributed by atoms with van der Waals surface area (Å²) in [6.07, 6.45) is -2.21. The van der Waals surface area contributed by atoms with E-state index in [9.17, 15) is 19.5 Å². The fourth-order valence-corrected chi connectivity index (χ4v) is 1.02. The summed E-state index contributed by atoms with van der Waals surface area (Å²) < 4.78 is 12.9. The molecule has 16 heavy (non-hydrogen) atoms. The molecule has 0 aliphatic heterocycles. The van der Waals surface area contributed by atoms with Crippen molar-refractivity contribution in [1.29, 1.82) is 0 Å². The van der Waals surface area contributed by atoms with Gasteiger partial charge in [0.25, 0.3) is 0 Å². The zero-order chi connectivity index (χ0) is 12.7. The van der Waals surface area contributed by atoms with E-state index in [1.807, 2.05) is 0 Å². The van der Waals surface area contributed by atoms with E-state index < -0.39 is 36.4 Å². The first kappa shape index (κ1) is 14.4. The summed E-state index contributed by atoms with van der Waals surface area (Å²) >= 11 is 0. The highest BCUT2D eigenvalue weighted by Crippen LogP contribution is 2.13. The minimum absolute atomic E-state index is 0.459. The maximum absolute atomic E-state index is 11.2. The van der Waals surface area contributed by atoms with Gasteiger partial charge in [-0.25, -0.2) is 4.79 Å². The summed E-state index contributed by atoms with van der Waals surface area (Å²) in [6.45, 7) is 0. The highest BCUT2D eigenvalue weighted by atomic mass is 16.5. The van der Waals surface area contributed by atoms with Crippen LogP contribution in [-0.4, -0.2) is 50.4 Å². The second-order valence-corrected chi connectivity index (χ2v) is 2.88. The lowest BCUT2D eigenvalue weighted by Gasteiger charge is -2.17. The van der Waals surface area contributed by atoms with Crippen LogP contribution in [0.2, 0.25) is 0 Å². The molecule has 0 aliphatic carbocycles. The lowest BCUT2D eigenvalue weighted by molar-refractivity contribution is -0.166. The van der Waals surface area contributed by atoms with Crippen molar-refractivity contribution in [3.63, 3.8) is 0 Å². The van der Waals surface area contributed by atoms with Gasteiger partial charge in [0, 0.05) is 0 Å². The predicted molar refractivity (Wildman–Crippen MR) is 50.2 cm³/mol. The van der Waals surface area contributed by atoms with Crippen molar-refractivity contribution in [3.05, 3.63) is 0 Å². The van der Waals surface area contributed by atoms with Crippen LogP contribution in [0.3, 0.4) is 0 Å². The number of carbonyl (C=O) groups excluding carboxylic acids is 3. The van der Waals surface area contributed by atoms with Crippen molar-refractivity contribution < 1.29 is 33.7 Å². The molecule has 0 heterocycles. The topological polar surface area (TPSA) is 99.1 Å². The van der Waals surface area contributed by atoms with Gasteiger partial charge in [0.05, 0.1) is 27.8 Å².